The van der Waals surface area contributed by atoms with E-state index in [4.69, 9.17) is 5.73 Å². The summed E-state index contributed by atoms with van der Waals surface area (Å²) in [5.74, 6) is 0.420. The lowest BCUT2D eigenvalue weighted by atomic mass is 10.2. The molecule has 0 aliphatic carbocycles. The Morgan fingerprint density at radius 2 is 2.29 bits per heavy atom. The number of hydrogen-bond acceptors (Lipinski definition) is 4. The Morgan fingerprint density at radius 3 is 2.76 bits per heavy atom. The first-order chi connectivity index (χ1) is 8.00. The fraction of sp³-hybridized carbons (Fsp3) is 0.636. The van der Waals surface area contributed by atoms with Crippen LogP contribution in [0.1, 0.15) is 16.8 Å². The van der Waals surface area contributed by atoms with Crippen LogP contribution in [0.4, 0.5) is 5.82 Å². The Bertz CT molecular complexity index is 425. The van der Waals surface area contributed by atoms with E-state index in [-0.39, 0.29) is 5.91 Å². The molecule has 0 bridgehead atoms. The molecule has 6 nitrogen and oxygen atoms in total. The Kier molecular flexibility index (Phi) is 3.06. The number of carbonyl (C=O) groups excluding carboxylic acids is 1. The predicted molar refractivity (Wildman–Crippen MR) is 65.6 cm³/mol. The SMILES string of the molecule is CN(C)C1CCN(C(=O)c2cnn(C)c2N)C1. The van der Waals surface area contributed by atoms with E-state index >= 15 is 0 Å². The number of aryl methyl sites for hydroxylation is 1. The molecule has 1 saturated heterocycles. The number of nitrogen functional groups attached to an aromatic ring is 1. The van der Waals surface area contributed by atoms with Gasteiger partial charge in [0, 0.05) is 26.2 Å². The van der Waals surface area contributed by atoms with Crippen molar-refractivity contribution >= 4 is 11.7 Å². The summed E-state index contributed by atoms with van der Waals surface area (Å²) >= 11 is 0. The van der Waals surface area contributed by atoms with Crippen LogP contribution in [0.5, 0.6) is 0 Å². The molecule has 1 amide bonds. The van der Waals surface area contributed by atoms with E-state index in [2.05, 4.69) is 10.00 Å². The van der Waals surface area contributed by atoms with Crippen molar-refractivity contribution in [3.05, 3.63) is 11.8 Å². The number of anilines is 1. The van der Waals surface area contributed by atoms with E-state index in [0.717, 1.165) is 19.5 Å². The van der Waals surface area contributed by atoms with Gasteiger partial charge in [0.15, 0.2) is 0 Å². The number of rotatable bonds is 2. The molecule has 1 aromatic rings. The molecule has 1 aliphatic heterocycles. The third-order valence-corrected chi connectivity index (χ3v) is 3.40. The maximum absolute atomic E-state index is 12.2. The van der Waals surface area contributed by atoms with E-state index in [0.29, 0.717) is 17.4 Å². The molecule has 1 unspecified atom stereocenters. The van der Waals surface area contributed by atoms with Crippen LogP contribution in [0.25, 0.3) is 0 Å². The monoisotopic (exact) mass is 237 g/mol. The molecule has 0 spiro atoms. The van der Waals surface area contributed by atoms with Gasteiger partial charge in [-0.3, -0.25) is 9.48 Å². The number of nitrogens with zero attached hydrogens (tertiary/aromatic N) is 4. The van der Waals surface area contributed by atoms with Crippen LogP contribution in [0, 0.1) is 0 Å². The van der Waals surface area contributed by atoms with Crippen molar-refractivity contribution < 1.29 is 4.79 Å². The number of amides is 1. The number of likely N-dealkylation sites (N-methyl/N-ethyl adjacent to an activating group) is 1. The second-order valence-corrected chi connectivity index (χ2v) is 4.72. The van der Waals surface area contributed by atoms with Crippen molar-refractivity contribution in [1.82, 2.24) is 19.6 Å². The van der Waals surface area contributed by atoms with Gasteiger partial charge < -0.3 is 15.5 Å². The quantitative estimate of drug-likeness (QED) is 0.772. The van der Waals surface area contributed by atoms with Crippen LogP contribution < -0.4 is 5.73 Å². The minimum Gasteiger partial charge on any atom is -0.383 e. The Balaban J connectivity index is 2.10. The number of likely N-dealkylation sites (tertiary alicyclic amines) is 1. The smallest absolute Gasteiger partial charge is 0.259 e. The number of aromatic nitrogens is 2. The normalized spacial score (nSPS) is 20.2. The topological polar surface area (TPSA) is 67.4 Å². The van der Waals surface area contributed by atoms with Crippen LogP contribution in [-0.2, 0) is 7.05 Å². The summed E-state index contributed by atoms with van der Waals surface area (Å²) in [6.07, 6.45) is 2.56. The van der Waals surface area contributed by atoms with E-state index in [9.17, 15) is 4.79 Å². The number of carbonyl (C=O) groups is 1. The van der Waals surface area contributed by atoms with Crippen LogP contribution in [0.15, 0.2) is 6.20 Å². The van der Waals surface area contributed by atoms with Crippen LogP contribution in [0.2, 0.25) is 0 Å². The minimum atomic E-state index is -0.0139. The molecule has 2 N–H and O–H groups in total. The highest BCUT2D eigenvalue weighted by Crippen LogP contribution is 2.19. The molecule has 1 aromatic heterocycles. The highest BCUT2D eigenvalue weighted by Gasteiger charge is 2.29. The molecule has 6 heteroatoms. The third-order valence-electron chi connectivity index (χ3n) is 3.40. The van der Waals surface area contributed by atoms with Crippen molar-refractivity contribution in [3.8, 4) is 0 Å². The molecule has 2 heterocycles. The van der Waals surface area contributed by atoms with Crippen molar-refractivity contribution in [1.29, 1.82) is 0 Å². The Hall–Kier alpha value is -1.56. The molecule has 1 atom stereocenters. The van der Waals surface area contributed by atoms with Gasteiger partial charge in [-0.15, -0.1) is 0 Å². The molecular formula is C11H19N5O. The average molecular weight is 237 g/mol. The van der Waals surface area contributed by atoms with E-state index < -0.39 is 0 Å². The molecule has 0 aromatic carbocycles. The molecule has 94 valence electrons. The zero-order valence-electron chi connectivity index (χ0n) is 10.6. The van der Waals surface area contributed by atoms with Gasteiger partial charge in [0.1, 0.15) is 11.4 Å². The van der Waals surface area contributed by atoms with Crippen LogP contribution in [0.3, 0.4) is 0 Å². The Morgan fingerprint density at radius 1 is 1.59 bits per heavy atom. The molecule has 17 heavy (non-hydrogen) atoms. The first kappa shape index (κ1) is 11.9. The van der Waals surface area contributed by atoms with Crippen LogP contribution >= 0.6 is 0 Å². The van der Waals surface area contributed by atoms with Crippen molar-refractivity contribution in [3.63, 3.8) is 0 Å². The van der Waals surface area contributed by atoms with Crippen molar-refractivity contribution in [2.24, 2.45) is 7.05 Å². The summed E-state index contributed by atoms with van der Waals surface area (Å²) in [6, 6.07) is 0.442. The maximum Gasteiger partial charge on any atom is 0.259 e. The lowest BCUT2D eigenvalue weighted by Gasteiger charge is -2.20. The van der Waals surface area contributed by atoms with Gasteiger partial charge in [-0.05, 0) is 20.5 Å². The van der Waals surface area contributed by atoms with E-state index in [1.54, 1.807) is 13.2 Å². The van der Waals surface area contributed by atoms with Gasteiger partial charge in [0.2, 0.25) is 0 Å². The van der Waals surface area contributed by atoms with E-state index in [1.807, 2.05) is 19.0 Å². The fourth-order valence-corrected chi connectivity index (χ4v) is 2.13. The van der Waals surface area contributed by atoms with Gasteiger partial charge in [-0.1, -0.05) is 0 Å². The van der Waals surface area contributed by atoms with Gasteiger partial charge in [-0.2, -0.15) is 5.10 Å². The first-order valence-electron chi connectivity index (χ1n) is 5.74. The molecule has 1 fully saturated rings. The average Bonchev–Trinajstić information content (AvgIpc) is 2.87. The summed E-state index contributed by atoms with van der Waals surface area (Å²) < 4.78 is 1.52. The maximum atomic E-state index is 12.2. The molecule has 1 aliphatic rings. The predicted octanol–water partition coefficient (Wildman–Crippen LogP) is -0.222. The second-order valence-electron chi connectivity index (χ2n) is 4.72. The zero-order chi connectivity index (χ0) is 12.6. The van der Waals surface area contributed by atoms with Gasteiger partial charge >= 0.3 is 0 Å². The third kappa shape index (κ3) is 2.12. The van der Waals surface area contributed by atoms with Crippen molar-refractivity contribution in [2.45, 2.75) is 12.5 Å². The standard InChI is InChI=1S/C11H19N5O/c1-14(2)8-4-5-16(7-8)11(17)9-6-13-15(3)10(9)12/h6,8H,4-5,7,12H2,1-3H3. The van der Waals surface area contributed by atoms with Gasteiger partial charge in [0.25, 0.3) is 5.91 Å². The Labute approximate surface area is 101 Å². The molecular weight excluding hydrogens is 218 g/mol. The number of hydrogen-bond donors (Lipinski definition) is 1. The summed E-state index contributed by atoms with van der Waals surface area (Å²) in [7, 11) is 5.81. The molecule has 2 rings (SSSR count). The highest BCUT2D eigenvalue weighted by molar-refractivity contribution is 5.98. The molecule has 0 radical (unpaired) electrons. The van der Waals surface area contributed by atoms with Gasteiger partial charge in [-0.25, -0.2) is 0 Å². The second kappa shape index (κ2) is 4.37. The minimum absolute atomic E-state index is 0.0139. The summed E-state index contributed by atoms with van der Waals surface area (Å²) in [4.78, 5) is 16.2. The van der Waals surface area contributed by atoms with E-state index in [1.165, 1.54) is 4.68 Å². The zero-order valence-corrected chi connectivity index (χ0v) is 10.6. The lowest BCUT2D eigenvalue weighted by Crippen LogP contribution is -2.34. The summed E-state index contributed by atoms with van der Waals surface area (Å²) in [5, 5.41) is 4.00. The highest BCUT2D eigenvalue weighted by atomic mass is 16.2. The van der Waals surface area contributed by atoms with Crippen molar-refractivity contribution in [2.75, 3.05) is 32.9 Å². The van der Waals surface area contributed by atoms with Crippen LogP contribution in [-0.4, -0.2) is 58.7 Å². The first-order valence-corrected chi connectivity index (χ1v) is 5.74. The fourth-order valence-electron chi connectivity index (χ4n) is 2.13. The summed E-state index contributed by atoms with van der Waals surface area (Å²) in [5.41, 5.74) is 6.31. The largest absolute Gasteiger partial charge is 0.383 e. The number of nitrogens with two attached hydrogens (primary N) is 1. The molecule has 0 saturated carbocycles. The lowest BCUT2D eigenvalue weighted by molar-refractivity contribution is 0.0784. The summed E-state index contributed by atoms with van der Waals surface area (Å²) in [6.45, 7) is 1.55. The van der Waals surface area contributed by atoms with Gasteiger partial charge in [0.05, 0.1) is 6.20 Å².